The lowest BCUT2D eigenvalue weighted by Crippen LogP contribution is -2.03. The predicted octanol–water partition coefficient (Wildman–Crippen LogP) is 2.57. The normalized spacial score (nSPS) is 10.4. The van der Waals surface area contributed by atoms with Crippen molar-refractivity contribution in [3.05, 3.63) is 47.7 Å². The van der Waals surface area contributed by atoms with Gasteiger partial charge in [-0.05, 0) is 6.07 Å². The average Bonchev–Trinajstić information content (AvgIpc) is 2.73. The lowest BCUT2D eigenvalue weighted by atomic mass is 10.2. The van der Waals surface area contributed by atoms with E-state index in [2.05, 4.69) is 21.9 Å². The lowest BCUT2D eigenvalue weighted by molar-refractivity contribution is 0.492. The Labute approximate surface area is 95.9 Å². The second kappa shape index (κ2) is 4.44. The number of halogens is 2. The molecule has 0 aliphatic heterocycles. The van der Waals surface area contributed by atoms with Gasteiger partial charge in [-0.25, -0.2) is 8.78 Å². The smallest absolute Gasteiger partial charge is 0.187 e. The number of benzene rings is 1. The number of aromatic nitrogens is 2. The topological polar surface area (TPSA) is 30.2 Å². The van der Waals surface area contributed by atoms with Crippen LogP contribution in [0.1, 0.15) is 5.56 Å². The molecule has 2 aromatic rings. The van der Waals surface area contributed by atoms with Crippen molar-refractivity contribution in [3.63, 3.8) is 0 Å². The summed E-state index contributed by atoms with van der Waals surface area (Å²) >= 11 is 4.46. The molecule has 0 amide bonds. The van der Waals surface area contributed by atoms with Crippen molar-refractivity contribution in [1.82, 2.24) is 9.78 Å². The van der Waals surface area contributed by atoms with E-state index in [1.807, 2.05) is 0 Å². The Bertz CT molecular complexity index is 525. The summed E-state index contributed by atoms with van der Waals surface area (Å²) in [5.41, 5.74) is 0.235. The standard InChI is InChI=1S/C10H7F2N3S/c11-8-3-1-2-7(10(8)12)6-15-5-4-9(13-15)14-16/h1-5H,6H2. The molecule has 0 atom stereocenters. The van der Waals surface area contributed by atoms with Gasteiger partial charge in [-0.1, -0.05) is 12.1 Å². The minimum Gasteiger partial charge on any atom is -0.266 e. The number of nitrogens with zero attached hydrogens (tertiary/aromatic N) is 3. The maximum atomic E-state index is 13.3. The Morgan fingerprint density at radius 3 is 2.81 bits per heavy atom. The Morgan fingerprint density at radius 1 is 1.31 bits per heavy atom. The molecule has 1 heterocycles. The van der Waals surface area contributed by atoms with Crippen molar-refractivity contribution < 1.29 is 8.78 Å². The molecule has 3 nitrogen and oxygen atoms in total. The first kappa shape index (κ1) is 10.8. The Morgan fingerprint density at radius 2 is 2.12 bits per heavy atom. The molecule has 0 radical (unpaired) electrons. The highest BCUT2D eigenvalue weighted by Gasteiger charge is 2.08. The average molecular weight is 239 g/mol. The molecule has 0 bridgehead atoms. The van der Waals surface area contributed by atoms with Gasteiger partial charge in [-0.15, -0.1) is 0 Å². The summed E-state index contributed by atoms with van der Waals surface area (Å²) in [6, 6.07) is 5.64. The van der Waals surface area contributed by atoms with Gasteiger partial charge in [0.2, 0.25) is 0 Å². The first-order valence-corrected chi connectivity index (χ1v) is 4.87. The van der Waals surface area contributed by atoms with Crippen molar-refractivity contribution in [2.45, 2.75) is 6.54 Å². The Balaban J connectivity index is 2.26. The molecule has 82 valence electrons. The second-order valence-corrected chi connectivity index (χ2v) is 3.36. The van der Waals surface area contributed by atoms with E-state index >= 15 is 0 Å². The van der Waals surface area contributed by atoms with Crippen LogP contribution in [0.15, 0.2) is 34.8 Å². The van der Waals surface area contributed by atoms with Gasteiger partial charge in [0, 0.05) is 30.3 Å². The van der Waals surface area contributed by atoms with E-state index in [1.54, 1.807) is 12.3 Å². The molecule has 0 N–H and O–H groups in total. The van der Waals surface area contributed by atoms with Crippen LogP contribution in [0.2, 0.25) is 0 Å². The zero-order chi connectivity index (χ0) is 11.5. The fraction of sp³-hybridized carbons (Fsp3) is 0.100. The summed E-state index contributed by atoms with van der Waals surface area (Å²) in [4.78, 5) is 0. The SMILES string of the molecule is Fc1cccc(Cn2ccc(N=S)n2)c1F. The molecule has 0 saturated heterocycles. The van der Waals surface area contributed by atoms with E-state index in [0.717, 1.165) is 6.07 Å². The summed E-state index contributed by atoms with van der Waals surface area (Å²) in [7, 11) is 0. The van der Waals surface area contributed by atoms with Crippen LogP contribution in [0.3, 0.4) is 0 Å². The molecule has 16 heavy (non-hydrogen) atoms. The summed E-state index contributed by atoms with van der Waals surface area (Å²) in [5.74, 6) is -1.33. The molecule has 0 saturated carbocycles. The molecule has 0 aliphatic carbocycles. The molecule has 0 unspecified atom stereocenters. The van der Waals surface area contributed by atoms with Crippen molar-refractivity contribution in [1.29, 1.82) is 0 Å². The van der Waals surface area contributed by atoms with Gasteiger partial charge >= 0.3 is 0 Å². The van der Waals surface area contributed by atoms with E-state index in [9.17, 15) is 8.78 Å². The van der Waals surface area contributed by atoms with Crippen LogP contribution in [0, 0.1) is 11.6 Å². The summed E-state index contributed by atoms with van der Waals surface area (Å²) in [5, 5.41) is 3.95. The van der Waals surface area contributed by atoms with Gasteiger partial charge in [0.25, 0.3) is 0 Å². The van der Waals surface area contributed by atoms with Crippen LogP contribution in [-0.2, 0) is 19.0 Å². The van der Waals surface area contributed by atoms with Crippen molar-refractivity contribution in [2.75, 3.05) is 0 Å². The highest BCUT2D eigenvalue weighted by atomic mass is 32.1. The molecule has 0 fully saturated rings. The van der Waals surface area contributed by atoms with E-state index in [1.165, 1.54) is 16.8 Å². The fourth-order valence-corrected chi connectivity index (χ4v) is 1.43. The first-order chi connectivity index (χ1) is 7.70. The Kier molecular flexibility index (Phi) is 3.00. The molecule has 0 aliphatic rings. The number of hydrogen-bond donors (Lipinski definition) is 0. The van der Waals surface area contributed by atoms with Crippen LogP contribution in [0.25, 0.3) is 0 Å². The van der Waals surface area contributed by atoms with Crippen LogP contribution in [0.4, 0.5) is 14.6 Å². The van der Waals surface area contributed by atoms with Crippen molar-refractivity contribution in [2.24, 2.45) is 4.36 Å². The number of rotatable bonds is 3. The third-order valence-corrected chi connectivity index (χ3v) is 2.27. The minimum absolute atomic E-state index is 0.147. The van der Waals surface area contributed by atoms with Gasteiger partial charge in [0.05, 0.1) is 6.54 Å². The number of hydrogen-bond acceptors (Lipinski definition) is 3. The van der Waals surface area contributed by atoms with Crippen LogP contribution >= 0.6 is 0 Å². The highest BCUT2D eigenvalue weighted by molar-refractivity contribution is 7.47. The van der Waals surface area contributed by atoms with E-state index in [4.69, 9.17) is 0 Å². The van der Waals surface area contributed by atoms with E-state index < -0.39 is 11.6 Å². The van der Waals surface area contributed by atoms with Gasteiger partial charge < -0.3 is 0 Å². The van der Waals surface area contributed by atoms with Crippen molar-refractivity contribution >= 4 is 18.2 Å². The summed E-state index contributed by atoms with van der Waals surface area (Å²) in [6.07, 6.45) is 1.61. The van der Waals surface area contributed by atoms with E-state index in [-0.39, 0.29) is 12.1 Å². The minimum atomic E-state index is -0.863. The maximum Gasteiger partial charge on any atom is 0.187 e. The predicted molar refractivity (Wildman–Crippen MR) is 57.1 cm³/mol. The lowest BCUT2D eigenvalue weighted by Gasteiger charge is -2.03. The zero-order valence-corrected chi connectivity index (χ0v) is 8.92. The van der Waals surface area contributed by atoms with Crippen LogP contribution < -0.4 is 0 Å². The molecule has 1 aromatic heterocycles. The highest BCUT2D eigenvalue weighted by Crippen LogP contribution is 2.13. The summed E-state index contributed by atoms with van der Waals surface area (Å²) < 4.78 is 31.1. The maximum absolute atomic E-state index is 13.3. The zero-order valence-electron chi connectivity index (χ0n) is 8.10. The monoisotopic (exact) mass is 239 g/mol. The van der Waals surface area contributed by atoms with Gasteiger partial charge in [0.1, 0.15) is 0 Å². The van der Waals surface area contributed by atoms with Gasteiger partial charge in [0.15, 0.2) is 17.5 Å². The van der Waals surface area contributed by atoms with Crippen LogP contribution in [-0.4, -0.2) is 9.78 Å². The first-order valence-electron chi connectivity index (χ1n) is 4.50. The van der Waals surface area contributed by atoms with Gasteiger partial charge in [-0.2, -0.15) is 9.46 Å². The van der Waals surface area contributed by atoms with Gasteiger partial charge in [-0.3, -0.25) is 4.68 Å². The second-order valence-electron chi connectivity index (χ2n) is 3.18. The third kappa shape index (κ3) is 2.11. The molecule has 1 aromatic carbocycles. The van der Waals surface area contributed by atoms with Crippen LogP contribution in [0.5, 0.6) is 0 Å². The Hall–Kier alpha value is -1.69. The third-order valence-electron chi connectivity index (χ3n) is 2.08. The molecule has 0 spiro atoms. The molecule has 6 heteroatoms. The molecule has 2 rings (SSSR count). The van der Waals surface area contributed by atoms with Crippen molar-refractivity contribution in [3.8, 4) is 0 Å². The quantitative estimate of drug-likeness (QED) is 0.824. The molecular formula is C10H7F2N3S. The molecular weight excluding hydrogens is 232 g/mol. The van der Waals surface area contributed by atoms with E-state index in [0.29, 0.717) is 5.82 Å². The summed E-state index contributed by atoms with van der Waals surface area (Å²) in [6.45, 7) is 0.147. The fourth-order valence-electron chi connectivity index (χ4n) is 1.33. The largest absolute Gasteiger partial charge is 0.266 e.